The Kier molecular flexibility index (Phi) is 4.87. The molecule has 1 aromatic carbocycles. The van der Waals surface area contributed by atoms with E-state index >= 15 is 0 Å². The van der Waals surface area contributed by atoms with Crippen molar-refractivity contribution in [2.24, 2.45) is 5.73 Å². The van der Waals surface area contributed by atoms with Crippen molar-refractivity contribution in [2.75, 3.05) is 0 Å². The second-order valence-electron chi connectivity index (χ2n) is 4.45. The Balaban J connectivity index is 2.22. The molecular formula is C15H19NS2. The van der Waals surface area contributed by atoms with Crippen LogP contribution < -0.4 is 5.73 Å². The number of nitrogens with two attached hydrogens (primary N) is 1. The third-order valence-corrected chi connectivity index (χ3v) is 5.49. The minimum Gasteiger partial charge on any atom is -0.326 e. The number of thioether (sulfide) groups is 1. The molecule has 0 fully saturated rings. The smallest absolute Gasteiger partial charge is 0.0605 e. The van der Waals surface area contributed by atoms with E-state index in [-0.39, 0.29) is 6.04 Å². The summed E-state index contributed by atoms with van der Waals surface area (Å²) >= 11 is 3.66. The Morgan fingerprint density at radius 1 is 1.22 bits per heavy atom. The van der Waals surface area contributed by atoms with Crippen molar-refractivity contribution in [3.63, 3.8) is 0 Å². The molecule has 1 nitrogen and oxygen atoms in total. The summed E-state index contributed by atoms with van der Waals surface area (Å²) in [5.41, 5.74) is 8.91. The van der Waals surface area contributed by atoms with Gasteiger partial charge in [0.1, 0.15) is 0 Å². The highest BCUT2D eigenvalue weighted by molar-refractivity contribution is 8.01. The maximum Gasteiger partial charge on any atom is 0.0605 e. The molecule has 0 saturated heterocycles. The van der Waals surface area contributed by atoms with E-state index in [0.717, 1.165) is 6.42 Å². The van der Waals surface area contributed by atoms with Gasteiger partial charge in [-0.25, -0.2) is 0 Å². The average molecular weight is 277 g/mol. The lowest BCUT2D eigenvalue weighted by atomic mass is 10.0. The van der Waals surface area contributed by atoms with Gasteiger partial charge in [-0.1, -0.05) is 42.8 Å². The average Bonchev–Trinajstić information content (AvgIpc) is 2.89. The van der Waals surface area contributed by atoms with E-state index < -0.39 is 0 Å². The second-order valence-corrected chi connectivity index (χ2v) is 6.84. The lowest BCUT2D eigenvalue weighted by Gasteiger charge is -2.22. The summed E-state index contributed by atoms with van der Waals surface area (Å²) in [7, 11) is 0. The van der Waals surface area contributed by atoms with Gasteiger partial charge in [0.25, 0.3) is 0 Å². The Bertz CT molecular complexity index is 462. The van der Waals surface area contributed by atoms with Crippen LogP contribution in [0.4, 0.5) is 0 Å². The molecule has 1 heterocycles. The monoisotopic (exact) mass is 277 g/mol. The van der Waals surface area contributed by atoms with Crippen LogP contribution in [0.25, 0.3) is 0 Å². The molecule has 0 spiro atoms. The van der Waals surface area contributed by atoms with Crippen molar-refractivity contribution < 1.29 is 0 Å². The van der Waals surface area contributed by atoms with E-state index in [1.807, 2.05) is 11.8 Å². The van der Waals surface area contributed by atoms with Crippen molar-refractivity contribution in [2.45, 2.75) is 35.8 Å². The number of hydrogen-bond donors (Lipinski definition) is 1. The Morgan fingerprint density at radius 2 is 1.94 bits per heavy atom. The molecule has 96 valence electrons. The van der Waals surface area contributed by atoms with Gasteiger partial charge in [0.15, 0.2) is 0 Å². The summed E-state index contributed by atoms with van der Waals surface area (Å²) in [5.74, 6) is 0. The molecule has 0 saturated carbocycles. The van der Waals surface area contributed by atoms with Crippen molar-refractivity contribution in [1.82, 2.24) is 0 Å². The maximum atomic E-state index is 6.29. The van der Waals surface area contributed by atoms with Gasteiger partial charge in [-0.15, -0.1) is 23.1 Å². The van der Waals surface area contributed by atoms with Crippen LogP contribution in [-0.2, 0) is 0 Å². The van der Waals surface area contributed by atoms with E-state index in [1.54, 1.807) is 11.3 Å². The van der Waals surface area contributed by atoms with Gasteiger partial charge in [0, 0.05) is 6.04 Å². The summed E-state index contributed by atoms with van der Waals surface area (Å²) in [4.78, 5) is 0. The molecule has 1 aromatic heterocycles. The molecule has 0 aliphatic carbocycles. The van der Waals surface area contributed by atoms with Crippen LogP contribution >= 0.6 is 23.1 Å². The van der Waals surface area contributed by atoms with E-state index in [9.17, 15) is 0 Å². The number of thiophene rings is 1. The highest BCUT2D eigenvalue weighted by Gasteiger charge is 2.20. The number of aryl methyl sites for hydroxylation is 1. The molecule has 18 heavy (non-hydrogen) atoms. The van der Waals surface area contributed by atoms with Gasteiger partial charge in [0.05, 0.1) is 9.46 Å². The van der Waals surface area contributed by atoms with Crippen molar-refractivity contribution in [1.29, 1.82) is 0 Å². The Hall–Kier alpha value is -0.770. The van der Waals surface area contributed by atoms with Gasteiger partial charge >= 0.3 is 0 Å². The van der Waals surface area contributed by atoms with Crippen LogP contribution in [0.3, 0.4) is 0 Å². The van der Waals surface area contributed by atoms with Crippen LogP contribution in [0.1, 0.15) is 29.7 Å². The molecular weight excluding hydrogens is 258 g/mol. The molecule has 0 bridgehead atoms. The van der Waals surface area contributed by atoms with Crippen molar-refractivity contribution in [3.05, 3.63) is 52.9 Å². The first-order valence-corrected chi connectivity index (χ1v) is 7.99. The third-order valence-electron chi connectivity index (χ3n) is 3.00. The molecule has 2 rings (SSSR count). The second kappa shape index (κ2) is 6.41. The van der Waals surface area contributed by atoms with Crippen LogP contribution in [0.2, 0.25) is 0 Å². The molecule has 3 heteroatoms. The van der Waals surface area contributed by atoms with Gasteiger partial charge in [-0.2, -0.15) is 0 Å². The topological polar surface area (TPSA) is 26.0 Å². The van der Waals surface area contributed by atoms with Crippen LogP contribution in [0.5, 0.6) is 0 Å². The standard InChI is InChI=1S/C15H19NS2/c1-3-13(16)15(18-14-5-4-10-17-14)12-8-6-11(2)7-9-12/h4-10,13,15H,3,16H2,1-2H3. The number of benzene rings is 1. The zero-order chi connectivity index (χ0) is 13.0. The zero-order valence-electron chi connectivity index (χ0n) is 10.8. The van der Waals surface area contributed by atoms with Crippen LogP contribution in [-0.4, -0.2) is 6.04 Å². The maximum absolute atomic E-state index is 6.29. The van der Waals surface area contributed by atoms with E-state index in [4.69, 9.17) is 5.73 Å². The fourth-order valence-electron chi connectivity index (χ4n) is 1.83. The molecule has 2 unspecified atom stereocenters. The molecule has 2 aromatic rings. The largest absolute Gasteiger partial charge is 0.326 e. The lowest BCUT2D eigenvalue weighted by molar-refractivity contribution is 0.634. The van der Waals surface area contributed by atoms with E-state index in [0.29, 0.717) is 5.25 Å². The quantitative estimate of drug-likeness (QED) is 0.807. The highest BCUT2D eigenvalue weighted by atomic mass is 32.2. The predicted molar refractivity (Wildman–Crippen MR) is 82.4 cm³/mol. The van der Waals surface area contributed by atoms with E-state index in [2.05, 4.69) is 55.6 Å². The summed E-state index contributed by atoms with van der Waals surface area (Å²) in [5, 5.41) is 2.46. The zero-order valence-corrected chi connectivity index (χ0v) is 12.4. The molecule has 0 radical (unpaired) electrons. The van der Waals surface area contributed by atoms with Crippen molar-refractivity contribution in [3.8, 4) is 0 Å². The SMILES string of the molecule is CCC(N)C(Sc1cccs1)c1ccc(C)cc1. The van der Waals surface area contributed by atoms with E-state index in [1.165, 1.54) is 15.3 Å². The van der Waals surface area contributed by atoms with Crippen LogP contribution in [0, 0.1) is 6.92 Å². The minimum absolute atomic E-state index is 0.194. The van der Waals surface area contributed by atoms with Gasteiger partial charge in [0.2, 0.25) is 0 Å². The fourth-order valence-corrected chi connectivity index (χ4v) is 4.04. The summed E-state index contributed by atoms with van der Waals surface area (Å²) in [6.45, 7) is 4.27. The summed E-state index contributed by atoms with van der Waals surface area (Å²) in [6, 6.07) is 13.2. The lowest BCUT2D eigenvalue weighted by Crippen LogP contribution is -2.25. The summed E-state index contributed by atoms with van der Waals surface area (Å²) < 4.78 is 1.34. The number of hydrogen-bond acceptors (Lipinski definition) is 3. The summed E-state index contributed by atoms with van der Waals surface area (Å²) in [6.07, 6.45) is 0.997. The van der Waals surface area contributed by atoms with Gasteiger partial charge in [-0.05, 0) is 30.4 Å². The highest BCUT2D eigenvalue weighted by Crippen LogP contribution is 2.40. The van der Waals surface area contributed by atoms with Crippen molar-refractivity contribution >= 4 is 23.1 Å². The predicted octanol–water partition coefficient (Wildman–Crippen LogP) is 4.63. The molecule has 2 N–H and O–H groups in total. The number of rotatable bonds is 5. The molecule has 0 aliphatic rings. The Morgan fingerprint density at radius 3 is 2.50 bits per heavy atom. The first-order valence-electron chi connectivity index (χ1n) is 6.23. The normalized spacial score (nSPS) is 14.4. The first kappa shape index (κ1) is 13.7. The Labute approximate surface area is 117 Å². The third kappa shape index (κ3) is 3.37. The molecule has 2 atom stereocenters. The molecule has 0 aliphatic heterocycles. The minimum atomic E-state index is 0.194. The fraction of sp³-hybridized carbons (Fsp3) is 0.333. The van der Waals surface area contributed by atoms with Crippen LogP contribution in [0.15, 0.2) is 46.0 Å². The van der Waals surface area contributed by atoms with Gasteiger partial charge in [-0.3, -0.25) is 0 Å². The molecule has 0 amide bonds. The van der Waals surface area contributed by atoms with Gasteiger partial charge < -0.3 is 5.73 Å². The first-order chi connectivity index (χ1) is 8.70.